The fourth-order valence-corrected chi connectivity index (χ4v) is 4.42. The molecule has 3 fully saturated rings. The Morgan fingerprint density at radius 1 is 1.00 bits per heavy atom. The fraction of sp³-hybridized carbons (Fsp3) is 0.526. The van der Waals surface area contributed by atoms with Crippen molar-refractivity contribution >= 4 is 17.8 Å². The van der Waals surface area contributed by atoms with E-state index in [1.807, 2.05) is 44.2 Å². The van der Waals surface area contributed by atoms with Crippen molar-refractivity contribution in [2.45, 2.75) is 57.3 Å². The molecule has 0 N–H and O–H groups in total. The zero-order valence-corrected chi connectivity index (χ0v) is 14.6. The molecule has 3 aliphatic rings. The van der Waals surface area contributed by atoms with E-state index >= 15 is 0 Å². The van der Waals surface area contributed by atoms with Crippen LogP contribution in [0, 0.1) is 0 Å². The number of nitrogens with zero attached hydrogens (tertiary/aromatic N) is 3. The van der Waals surface area contributed by atoms with Crippen LogP contribution >= 0.6 is 0 Å². The van der Waals surface area contributed by atoms with E-state index in [1.165, 1.54) is 4.90 Å². The highest BCUT2D eigenvalue weighted by Gasteiger charge is 2.55. The van der Waals surface area contributed by atoms with Crippen molar-refractivity contribution in [2.24, 2.45) is 0 Å². The van der Waals surface area contributed by atoms with Crippen LogP contribution in [0.3, 0.4) is 0 Å². The van der Waals surface area contributed by atoms with Gasteiger partial charge in [-0.15, -0.1) is 0 Å². The van der Waals surface area contributed by atoms with Gasteiger partial charge < -0.3 is 9.80 Å². The summed E-state index contributed by atoms with van der Waals surface area (Å²) in [6, 6.07) is 8.97. The van der Waals surface area contributed by atoms with Crippen molar-refractivity contribution in [3.05, 3.63) is 35.9 Å². The topological polar surface area (TPSA) is 60.9 Å². The summed E-state index contributed by atoms with van der Waals surface area (Å²) in [6.07, 6.45) is 1.74. The Morgan fingerprint density at radius 2 is 1.68 bits per heavy atom. The zero-order chi connectivity index (χ0) is 17.7. The van der Waals surface area contributed by atoms with Crippen LogP contribution in [-0.4, -0.2) is 57.2 Å². The normalized spacial score (nSPS) is 29.3. The molecule has 6 nitrogen and oxygen atoms in total. The van der Waals surface area contributed by atoms with E-state index < -0.39 is 0 Å². The lowest BCUT2D eigenvalue weighted by Crippen LogP contribution is -2.44. The summed E-state index contributed by atoms with van der Waals surface area (Å²) in [4.78, 5) is 43.0. The molecule has 0 aliphatic carbocycles. The molecule has 0 saturated carbocycles. The van der Waals surface area contributed by atoms with Gasteiger partial charge in [-0.25, -0.2) is 4.79 Å². The quantitative estimate of drug-likeness (QED) is 0.792. The highest BCUT2D eigenvalue weighted by Crippen LogP contribution is 2.42. The summed E-state index contributed by atoms with van der Waals surface area (Å²) in [5, 5.41) is 0. The predicted molar refractivity (Wildman–Crippen MR) is 91.5 cm³/mol. The zero-order valence-electron chi connectivity index (χ0n) is 14.6. The van der Waals surface area contributed by atoms with E-state index in [9.17, 15) is 14.4 Å². The molecule has 3 saturated heterocycles. The maximum atomic E-state index is 13.1. The van der Waals surface area contributed by atoms with E-state index in [-0.39, 0.29) is 48.4 Å². The minimum Gasteiger partial charge on any atom is -0.338 e. The van der Waals surface area contributed by atoms with Gasteiger partial charge in [0.1, 0.15) is 6.04 Å². The average Bonchev–Trinajstić information content (AvgIpc) is 3.24. The summed E-state index contributed by atoms with van der Waals surface area (Å²) in [5.41, 5.74) is 1.07. The summed E-state index contributed by atoms with van der Waals surface area (Å²) < 4.78 is 0. The lowest BCUT2D eigenvalue weighted by atomic mass is 10.0. The maximum absolute atomic E-state index is 13.1. The number of carbonyl (C=O) groups excluding carboxylic acids is 3. The number of rotatable bonds is 3. The van der Waals surface area contributed by atoms with Gasteiger partial charge in [-0.05, 0) is 32.3 Å². The van der Waals surface area contributed by atoms with Crippen LogP contribution in [0.2, 0.25) is 0 Å². The van der Waals surface area contributed by atoms with Gasteiger partial charge in [0.25, 0.3) is 5.91 Å². The molecule has 25 heavy (non-hydrogen) atoms. The molecule has 4 amide bonds. The molecule has 1 aromatic carbocycles. The second-order valence-corrected chi connectivity index (χ2v) is 7.42. The molecule has 0 radical (unpaired) electrons. The molecule has 0 spiro atoms. The van der Waals surface area contributed by atoms with Crippen molar-refractivity contribution in [2.75, 3.05) is 6.54 Å². The molecule has 3 heterocycles. The second-order valence-electron chi connectivity index (χ2n) is 7.42. The second kappa shape index (κ2) is 5.86. The molecule has 4 rings (SSSR count). The van der Waals surface area contributed by atoms with Gasteiger partial charge in [0.15, 0.2) is 0 Å². The van der Waals surface area contributed by atoms with Crippen molar-refractivity contribution in [1.29, 1.82) is 0 Å². The van der Waals surface area contributed by atoms with Crippen LogP contribution in [0.4, 0.5) is 4.79 Å². The van der Waals surface area contributed by atoms with Gasteiger partial charge in [0, 0.05) is 19.0 Å². The van der Waals surface area contributed by atoms with Crippen LogP contribution in [0.15, 0.2) is 30.3 Å². The first-order valence-corrected chi connectivity index (χ1v) is 8.99. The molecule has 132 valence electrons. The van der Waals surface area contributed by atoms with Crippen molar-refractivity contribution in [3.8, 4) is 0 Å². The highest BCUT2D eigenvalue weighted by molar-refractivity contribution is 6.05. The molecule has 3 aliphatic heterocycles. The number of imide groups is 1. The SMILES string of the molecule is CC(C)N1CC(N2C(=O)[C@@H]3CC[C@@H](c4ccccc4)N3C2=O)CC1=O. The fourth-order valence-electron chi connectivity index (χ4n) is 4.42. The molecule has 3 atom stereocenters. The number of urea groups is 1. The van der Waals surface area contributed by atoms with Gasteiger partial charge in [-0.2, -0.15) is 0 Å². The lowest BCUT2D eigenvalue weighted by molar-refractivity contribution is -0.129. The van der Waals surface area contributed by atoms with Gasteiger partial charge >= 0.3 is 6.03 Å². The number of likely N-dealkylation sites (tertiary alicyclic amines) is 1. The van der Waals surface area contributed by atoms with Crippen molar-refractivity contribution in [3.63, 3.8) is 0 Å². The van der Waals surface area contributed by atoms with E-state index in [0.717, 1.165) is 12.0 Å². The van der Waals surface area contributed by atoms with Crippen LogP contribution in [0.25, 0.3) is 0 Å². The summed E-state index contributed by atoms with van der Waals surface area (Å²) in [5.74, 6) is -0.112. The molecular formula is C19H23N3O3. The van der Waals surface area contributed by atoms with Crippen molar-refractivity contribution < 1.29 is 14.4 Å². The Bertz CT molecular complexity index is 718. The standard InChI is InChI=1S/C19H23N3O3/c1-12(2)20-11-14(10-17(20)23)21-18(24)16-9-8-15(22(16)19(21)25)13-6-4-3-5-7-13/h3-7,12,14-16H,8-11H2,1-2H3/t14?,15-,16-/m0/s1. The Balaban J connectivity index is 1.58. The summed E-state index contributed by atoms with van der Waals surface area (Å²) in [7, 11) is 0. The van der Waals surface area contributed by atoms with Gasteiger partial charge in [-0.1, -0.05) is 30.3 Å². The molecule has 0 bridgehead atoms. The Kier molecular flexibility index (Phi) is 3.78. The number of fused-ring (bicyclic) bond motifs is 1. The molecule has 1 unspecified atom stereocenters. The van der Waals surface area contributed by atoms with Crippen LogP contribution in [0.5, 0.6) is 0 Å². The molecular weight excluding hydrogens is 318 g/mol. The van der Waals surface area contributed by atoms with Crippen molar-refractivity contribution in [1.82, 2.24) is 14.7 Å². The first kappa shape index (κ1) is 16.1. The largest absolute Gasteiger partial charge is 0.338 e. The third-order valence-electron chi connectivity index (χ3n) is 5.65. The smallest absolute Gasteiger partial charge is 0.328 e. The average molecular weight is 341 g/mol. The third kappa shape index (κ3) is 2.42. The number of amides is 4. The van der Waals surface area contributed by atoms with E-state index in [0.29, 0.717) is 13.0 Å². The number of hydrogen-bond acceptors (Lipinski definition) is 3. The number of benzene rings is 1. The maximum Gasteiger partial charge on any atom is 0.328 e. The molecule has 0 aromatic heterocycles. The number of hydrogen-bond donors (Lipinski definition) is 0. The van der Waals surface area contributed by atoms with Crippen LogP contribution in [-0.2, 0) is 9.59 Å². The lowest BCUT2D eigenvalue weighted by Gasteiger charge is -2.27. The van der Waals surface area contributed by atoms with Crippen LogP contribution < -0.4 is 0 Å². The molecule has 6 heteroatoms. The minimum absolute atomic E-state index is 0.0206. The van der Waals surface area contributed by atoms with Gasteiger partial charge in [-0.3, -0.25) is 14.5 Å². The monoisotopic (exact) mass is 341 g/mol. The van der Waals surface area contributed by atoms with E-state index in [4.69, 9.17) is 0 Å². The predicted octanol–water partition coefficient (Wildman–Crippen LogP) is 2.16. The third-order valence-corrected chi connectivity index (χ3v) is 5.65. The van der Waals surface area contributed by atoms with Gasteiger partial charge in [0.05, 0.1) is 12.1 Å². The van der Waals surface area contributed by atoms with Crippen LogP contribution in [0.1, 0.15) is 44.7 Å². The Morgan fingerprint density at radius 3 is 2.32 bits per heavy atom. The van der Waals surface area contributed by atoms with E-state index in [2.05, 4.69) is 0 Å². The Hall–Kier alpha value is -2.37. The van der Waals surface area contributed by atoms with E-state index in [1.54, 1.807) is 9.80 Å². The first-order valence-electron chi connectivity index (χ1n) is 8.99. The number of carbonyl (C=O) groups is 3. The summed E-state index contributed by atoms with van der Waals surface area (Å²) >= 11 is 0. The van der Waals surface area contributed by atoms with Gasteiger partial charge in [0.2, 0.25) is 5.91 Å². The first-order chi connectivity index (χ1) is 12.0. The molecule has 1 aromatic rings. The Labute approximate surface area is 147 Å². The minimum atomic E-state index is -0.374. The summed E-state index contributed by atoms with van der Waals surface area (Å²) in [6.45, 7) is 4.36. The highest BCUT2D eigenvalue weighted by atomic mass is 16.2.